The van der Waals surface area contributed by atoms with Crippen LogP contribution in [0.3, 0.4) is 0 Å². The van der Waals surface area contributed by atoms with E-state index in [0.717, 1.165) is 0 Å². The van der Waals surface area contributed by atoms with Gasteiger partial charge in [-0.1, -0.05) is 6.07 Å². The number of hydrogen-bond donors (Lipinski definition) is 2. The minimum atomic E-state index is -1.09. The molecule has 0 atom stereocenters. The van der Waals surface area contributed by atoms with Gasteiger partial charge >= 0.3 is 11.7 Å². The number of aromatic nitrogens is 1. The van der Waals surface area contributed by atoms with E-state index in [0.29, 0.717) is 5.52 Å². The number of hydrogen-bond acceptors (Lipinski definition) is 4. The molecule has 6 heteroatoms. The number of carbonyl (C=O) groups is 1. The van der Waals surface area contributed by atoms with Crippen molar-refractivity contribution >= 4 is 17.1 Å². The zero-order chi connectivity index (χ0) is 10.8. The van der Waals surface area contributed by atoms with E-state index in [1.165, 1.54) is 6.07 Å². The van der Waals surface area contributed by atoms with Crippen LogP contribution in [0.4, 0.5) is 0 Å². The number of aromatic amines is 1. The lowest BCUT2D eigenvalue weighted by Gasteiger charge is -2.01. The summed E-state index contributed by atoms with van der Waals surface area (Å²) in [6, 6.07) is 4.79. The first-order chi connectivity index (χ1) is 7.16. The molecule has 0 aliphatic carbocycles. The van der Waals surface area contributed by atoms with Crippen LogP contribution in [0.15, 0.2) is 27.4 Å². The summed E-state index contributed by atoms with van der Waals surface area (Å²) in [5.41, 5.74) is 0.701. The number of ether oxygens (including phenoxy) is 1. The van der Waals surface area contributed by atoms with E-state index in [1.807, 2.05) is 0 Å². The minimum Gasteiger partial charge on any atom is -0.479 e. The van der Waals surface area contributed by atoms with Crippen LogP contribution < -0.4 is 10.5 Å². The average molecular weight is 209 g/mol. The van der Waals surface area contributed by atoms with E-state index in [1.54, 1.807) is 12.1 Å². The van der Waals surface area contributed by atoms with Gasteiger partial charge in [0.05, 0.1) is 5.52 Å². The SMILES string of the molecule is O=C(O)COc1cccc2[nH]c(=O)oc12. The molecule has 2 rings (SSSR count). The number of aliphatic carboxylic acids is 1. The van der Waals surface area contributed by atoms with Crippen molar-refractivity contribution in [3.63, 3.8) is 0 Å². The van der Waals surface area contributed by atoms with Gasteiger partial charge in [0, 0.05) is 0 Å². The van der Waals surface area contributed by atoms with Crippen molar-refractivity contribution in [3.05, 3.63) is 28.7 Å². The van der Waals surface area contributed by atoms with Crippen LogP contribution in [0.5, 0.6) is 5.75 Å². The van der Waals surface area contributed by atoms with E-state index in [9.17, 15) is 9.59 Å². The molecule has 1 aromatic heterocycles. The summed E-state index contributed by atoms with van der Waals surface area (Å²) >= 11 is 0. The van der Waals surface area contributed by atoms with E-state index in [2.05, 4.69) is 4.98 Å². The van der Waals surface area contributed by atoms with Gasteiger partial charge in [0.15, 0.2) is 17.9 Å². The first kappa shape index (κ1) is 9.32. The Bertz CT molecular complexity index is 553. The maximum Gasteiger partial charge on any atom is 0.417 e. The second-order valence-corrected chi connectivity index (χ2v) is 2.83. The first-order valence-electron chi connectivity index (χ1n) is 4.13. The van der Waals surface area contributed by atoms with Gasteiger partial charge in [0.1, 0.15) is 0 Å². The molecule has 6 nitrogen and oxygen atoms in total. The van der Waals surface area contributed by atoms with Gasteiger partial charge in [0.2, 0.25) is 0 Å². The number of carboxylic acid groups (broad SMARTS) is 1. The summed E-state index contributed by atoms with van der Waals surface area (Å²) in [5.74, 6) is -1.46. The van der Waals surface area contributed by atoms with E-state index in [-0.39, 0.29) is 11.3 Å². The lowest BCUT2D eigenvalue weighted by Crippen LogP contribution is -2.09. The van der Waals surface area contributed by atoms with Crippen molar-refractivity contribution in [1.82, 2.24) is 4.98 Å². The third kappa shape index (κ3) is 1.83. The fourth-order valence-electron chi connectivity index (χ4n) is 1.20. The molecule has 0 radical (unpaired) electrons. The molecule has 0 fully saturated rings. The molecule has 0 saturated carbocycles. The fourth-order valence-corrected chi connectivity index (χ4v) is 1.20. The van der Waals surface area contributed by atoms with Crippen molar-refractivity contribution in [3.8, 4) is 5.75 Å². The lowest BCUT2D eigenvalue weighted by molar-refractivity contribution is -0.139. The number of rotatable bonds is 3. The quantitative estimate of drug-likeness (QED) is 0.771. The van der Waals surface area contributed by atoms with Gasteiger partial charge in [0.25, 0.3) is 0 Å². The molecule has 0 spiro atoms. The van der Waals surface area contributed by atoms with Crippen LogP contribution >= 0.6 is 0 Å². The van der Waals surface area contributed by atoms with Crippen LogP contribution in [0.2, 0.25) is 0 Å². The smallest absolute Gasteiger partial charge is 0.417 e. The highest BCUT2D eigenvalue weighted by Crippen LogP contribution is 2.22. The topological polar surface area (TPSA) is 92.5 Å². The van der Waals surface area contributed by atoms with Crippen molar-refractivity contribution < 1.29 is 19.1 Å². The van der Waals surface area contributed by atoms with E-state index < -0.39 is 18.3 Å². The molecule has 1 aromatic carbocycles. The Hall–Kier alpha value is -2.24. The van der Waals surface area contributed by atoms with Crippen molar-refractivity contribution in [2.24, 2.45) is 0 Å². The zero-order valence-electron chi connectivity index (χ0n) is 7.52. The van der Waals surface area contributed by atoms with Gasteiger partial charge in [-0.25, -0.2) is 9.59 Å². The van der Waals surface area contributed by atoms with Gasteiger partial charge < -0.3 is 14.3 Å². The van der Waals surface area contributed by atoms with Gasteiger partial charge in [-0.3, -0.25) is 4.98 Å². The molecule has 1 heterocycles. The number of fused-ring (bicyclic) bond motifs is 1. The summed E-state index contributed by atoms with van der Waals surface area (Å²) in [4.78, 5) is 23.6. The average Bonchev–Trinajstić information content (AvgIpc) is 2.55. The Morgan fingerprint density at radius 2 is 2.33 bits per heavy atom. The van der Waals surface area contributed by atoms with Crippen molar-refractivity contribution in [2.75, 3.05) is 6.61 Å². The highest BCUT2D eigenvalue weighted by Gasteiger charge is 2.08. The van der Waals surface area contributed by atoms with E-state index in [4.69, 9.17) is 14.3 Å². The summed E-state index contributed by atoms with van der Waals surface area (Å²) in [7, 11) is 0. The second kappa shape index (κ2) is 3.49. The number of H-pyrrole nitrogens is 1. The highest BCUT2D eigenvalue weighted by atomic mass is 16.5. The third-order valence-electron chi connectivity index (χ3n) is 1.76. The standard InChI is InChI=1S/C9H7NO5/c11-7(12)4-14-6-3-1-2-5-8(6)15-9(13)10-5/h1-3H,4H2,(H,10,13)(H,11,12). The minimum absolute atomic E-state index is 0.226. The fraction of sp³-hybridized carbons (Fsp3) is 0.111. The number of benzene rings is 1. The number of para-hydroxylation sites is 1. The van der Waals surface area contributed by atoms with Crippen molar-refractivity contribution in [2.45, 2.75) is 0 Å². The molecule has 2 aromatic rings. The van der Waals surface area contributed by atoms with Gasteiger partial charge in [-0.15, -0.1) is 0 Å². The number of carboxylic acids is 1. The van der Waals surface area contributed by atoms with Gasteiger partial charge in [-0.05, 0) is 12.1 Å². The molecular weight excluding hydrogens is 202 g/mol. The summed E-state index contributed by atoms with van der Waals surface area (Å²) in [6.07, 6.45) is 0. The summed E-state index contributed by atoms with van der Waals surface area (Å²) < 4.78 is 9.74. The third-order valence-corrected chi connectivity index (χ3v) is 1.76. The zero-order valence-corrected chi connectivity index (χ0v) is 7.52. The molecule has 2 N–H and O–H groups in total. The molecule has 78 valence electrons. The van der Waals surface area contributed by atoms with Crippen LogP contribution in [0, 0.1) is 0 Å². The normalized spacial score (nSPS) is 10.4. The Kier molecular flexibility index (Phi) is 2.17. The van der Waals surface area contributed by atoms with Crippen LogP contribution in [0.25, 0.3) is 11.1 Å². The Balaban J connectivity index is 2.41. The predicted octanol–water partition coefficient (Wildman–Crippen LogP) is 0.585. The van der Waals surface area contributed by atoms with Crippen LogP contribution in [-0.4, -0.2) is 22.7 Å². The largest absolute Gasteiger partial charge is 0.479 e. The maximum atomic E-state index is 10.9. The highest BCUT2D eigenvalue weighted by molar-refractivity contribution is 5.79. The Labute approximate surface area is 83.1 Å². The molecule has 0 unspecified atom stereocenters. The predicted molar refractivity (Wildman–Crippen MR) is 50.0 cm³/mol. The molecular formula is C9H7NO5. The molecule has 15 heavy (non-hydrogen) atoms. The molecule has 0 amide bonds. The number of oxazole rings is 1. The molecule has 0 aliphatic heterocycles. The Morgan fingerprint density at radius 1 is 1.53 bits per heavy atom. The molecule has 0 aliphatic rings. The number of nitrogens with one attached hydrogen (secondary N) is 1. The lowest BCUT2D eigenvalue weighted by atomic mass is 10.3. The van der Waals surface area contributed by atoms with E-state index >= 15 is 0 Å². The van der Waals surface area contributed by atoms with Gasteiger partial charge in [-0.2, -0.15) is 0 Å². The molecule has 0 bridgehead atoms. The monoisotopic (exact) mass is 209 g/mol. The molecule has 0 saturated heterocycles. The van der Waals surface area contributed by atoms with Crippen LogP contribution in [0.1, 0.15) is 0 Å². The van der Waals surface area contributed by atoms with Crippen LogP contribution in [-0.2, 0) is 4.79 Å². The first-order valence-corrected chi connectivity index (χ1v) is 4.13. The second-order valence-electron chi connectivity index (χ2n) is 2.83. The maximum absolute atomic E-state index is 10.9. The summed E-state index contributed by atoms with van der Waals surface area (Å²) in [6.45, 7) is -0.478. The Morgan fingerprint density at radius 3 is 3.07 bits per heavy atom. The van der Waals surface area contributed by atoms with Crippen molar-refractivity contribution in [1.29, 1.82) is 0 Å². The summed E-state index contributed by atoms with van der Waals surface area (Å²) in [5, 5.41) is 8.43.